The van der Waals surface area contributed by atoms with Gasteiger partial charge in [-0.1, -0.05) is 11.6 Å². The number of furan rings is 1. The van der Waals surface area contributed by atoms with Crippen molar-refractivity contribution in [2.24, 2.45) is 0 Å². The Morgan fingerprint density at radius 2 is 2.31 bits per heavy atom. The molecule has 0 amide bonds. The van der Waals surface area contributed by atoms with Gasteiger partial charge in [0.05, 0.1) is 22.7 Å². The average molecular weight is 254 g/mol. The van der Waals surface area contributed by atoms with Crippen molar-refractivity contribution in [1.82, 2.24) is 5.32 Å². The van der Waals surface area contributed by atoms with Crippen molar-refractivity contribution in [2.45, 2.75) is 25.4 Å². The van der Waals surface area contributed by atoms with Gasteiger partial charge in [0.25, 0.3) is 0 Å². The molecule has 0 spiro atoms. The Morgan fingerprint density at radius 1 is 1.44 bits per heavy atom. The lowest BCUT2D eigenvalue weighted by molar-refractivity contribution is 0.483. The van der Waals surface area contributed by atoms with Crippen molar-refractivity contribution >= 4 is 22.9 Å². The van der Waals surface area contributed by atoms with Crippen LogP contribution in [0.5, 0.6) is 0 Å². The second-order valence-electron chi connectivity index (χ2n) is 4.01. The molecule has 1 N–H and O–H groups in total. The highest BCUT2D eigenvalue weighted by atomic mass is 35.5. The lowest BCUT2D eigenvalue weighted by Gasteiger charge is -2.02. The van der Waals surface area contributed by atoms with E-state index >= 15 is 0 Å². The summed E-state index contributed by atoms with van der Waals surface area (Å²) < 4.78 is 5.51. The molecule has 0 aliphatic heterocycles. The fourth-order valence-electron chi connectivity index (χ4n) is 1.69. The van der Waals surface area contributed by atoms with E-state index < -0.39 is 0 Å². The topological polar surface area (TPSA) is 25.2 Å². The number of nitrogens with one attached hydrogen (secondary N) is 1. The lowest BCUT2D eigenvalue weighted by atomic mass is 10.2. The molecule has 4 heteroatoms. The van der Waals surface area contributed by atoms with Gasteiger partial charge in [-0.05, 0) is 30.4 Å². The molecule has 0 saturated heterocycles. The van der Waals surface area contributed by atoms with Gasteiger partial charge < -0.3 is 9.73 Å². The Bertz CT molecular complexity index is 487. The largest absolute Gasteiger partial charge is 0.467 e. The summed E-state index contributed by atoms with van der Waals surface area (Å²) in [4.78, 5) is 1.10. The van der Waals surface area contributed by atoms with Gasteiger partial charge in [0.1, 0.15) is 5.76 Å². The molecule has 3 rings (SSSR count). The Balaban J connectivity index is 1.83. The van der Waals surface area contributed by atoms with Crippen molar-refractivity contribution in [1.29, 1.82) is 0 Å². The van der Waals surface area contributed by atoms with Crippen LogP contribution < -0.4 is 5.32 Å². The fourth-order valence-corrected chi connectivity index (χ4v) is 2.89. The van der Waals surface area contributed by atoms with Gasteiger partial charge in [-0.3, -0.25) is 0 Å². The monoisotopic (exact) mass is 253 g/mol. The Kier molecular flexibility index (Phi) is 2.75. The normalized spacial score (nSPS) is 15.6. The predicted molar refractivity (Wildman–Crippen MR) is 66.9 cm³/mol. The first-order valence-corrected chi connectivity index (χ1v) is 6.63. The first-order chi connectivity index (χ1) is 7.84. The molecular formula is C12H12ClNOS. The molecule has 0 aromatic carbocycles. The number of hydrogen-bond acceptors (Lipinski definition) is 3. The van der Waals surface area contributed by atoms with Crippen molar-refractivity contribution in [3.05, 3.63) is 34.6 Å². The zero-order valence-electron chi connectivity index (χ0n) is 8.70. The second kappa shape index (κ2) is 4.24. The van der Waals surface area contributed by atoms with E-state index in [0.29, 0.717) is 6.04 Å². The maximum Gasteiger partial charge on any atom is 0.126 e. The summed E-state index contributed by atoms with van der Waals surface area (Å²) in [5, 5.41) is 6.26. The molecule has 2 aromatic rings. The maximum absolute atomic E-state index is 6.13. The third-order valence-electron chi connectivity index (χ3n) is 2.74. The average Bonchev–Trinajstić information content (AvgIpc) is 2.83. The van der Waals surface area contributed by atoms with Crippen molar-refractivity contribution in [2.75, 3.05) is 0 Å². The van der Waals surface area contributed by atoms with E-state index in [1.54, 1.807) is 17.6 Å². The van der Waals surface area contributed by atoms with E-state index in [0.717, 1.165) is 27.8 Å². The van der Waals surface area contributed by atoms with E-state index in [-0.39, 0.29) is 0 Å². The standard InChI is InChI=1S/C12H12ClNOS/c13-10-4-6-16-12(10)9-3-5-15-11(9)7-14-8-1-2-8/h3-6,8,14H,1-2,7H2. The van der Waals surface area contributed by atoms with E-state index in [4.69, 9.17) is 16.0 Å². The van der Waals surface area contributed by atoms with Crippen LogP contribution in [0.3, 0.4) is 0 Å². The highest BCUT2D eigenvalue weighted by Gasteiger charge is 2.21. The highest BCUT2D eigenvalue weighted by Crippen LogP contribution is 2.36. The van der Waals surface area contributed by atoms with Crippen LogP contribution in [-0.2, 0) is 6.54 Å². The number of halogens is 1. The molecule has 84 valence electrons. The Labute approximate surface area is 103 Å². The zero-order chi connectivity index (χ0) is 11.0. The van der Waals surface area contributed by atoms with Gasteiger partial charge in [-0.2, -0.15) is 0 Å². The fraction of sp³-hybridized carbons (Fsp3) is 0.333. The third-order valence-corrected chi connectivity index (χ3v) is 4.11. The van der Waals surface area contributed by atoms with E-state index in [9.17, 15) is 0 Å². The molecule has 16 heavy (non-hydrogen) atoms. The van der Waals surface area contributed by atoms with Crippen LogP contribution in [0.1, 0.15) is 18.6 Å². The first kappa shape index (κ1) is 10.4. The van der Waals surface area contributed by atoms with Crippen LogP contribution in [0.15, 0.2) is 28.2 Å². The Hall–Kier alpha value is -0.770. The molecule has 0 radical (unpaired) electrons. The number of rotatable bonds is 4. The minimum absolute atomic E-state index is 0.691. The van der Waals surface area contributed by atoms with Gasteiger partial charge in [-0.25, -0.2) is 0 Å². The van der Waals surface area contributed by atoms with Crippen molar-refractivity contribution < 1.29 is 4.42 Å². The van der Waals surface area contributed by atoms with Crippen LogP contribution in [0.4, 0.5) is 0 Å². The molecule has 1 fully saturated rings. The number of thiophene rings is 1. The van der Waals surface area contributed by atoms with Crippen LogP contribution >= 0.6 is 22.9 Å². The number of hydrogen-bond donors (Lipinski definition) is 1. The van der Waals surface area contributed by atoms with Crippen LogP contribution in [-0.4, -0.2) is 6.04 Å². The van der Waals surface area contributed by atoms with Gasteiger partial charge in [0, 0.05) is 11.6 Å². The molecular weight excluding hydrogens is 242 g/mol. The third kappa shape index (κ3) is 2.03. The Morgan fingerprint density at radius 3 is 3.00 bits per heavy atom. The summed E-state index contributed by atoms with van der Waals surface area (Å²) in [7, 11) is 0. The van der Waals surface area contributed by atoms with Gasteiger partial charge in [0.15, 0.2) is 0 Å². The maximum atomic E-state index is 6.13. The van der Waals surface area contributed by atoms with Crippen molar-refractivity contribution in [3.63, 3.8) is 0 Å². The van der Waals surface area contributed by atoms with E-state index in [1.165, 1.54) is 12.8 Å². The summed E-state index contributed by atoms with van der Waals surface area (Å²) in [5.74, 6) is 0.983. The zero-order valence-corrected chi connectivity index (χ0v) is 10.3. The summed E-state index contributed by atoms with van der Waals surface area (Å²) in [6.07, 6.45) is 4.31. The SMILES string of the molecule is Clc1ccsc1-c1ccoc1CNC1CC1. The lowest BCUT2D eigenvalue weighted by Crippen LogP contribution is -2.15. The quantitative estimate of drug-likeness (QED) is 0.894. The molecule has 2 nitrogen and oxygen atoms in total. The molecule has 0 atom stereocenters. The van der Waals surface area contributed by atoms with Crippen LogP contribution in [0.2, 0.25) is 5.02 Å². The second-order valence-corrected chi connectivity index (χ2v) is 5.33. The summed E-state index contributed by atoms with van der Waals surface area (Å²) in [6.45, 7) is 0.793. The van der Waals surface area contributed by atoms with Gasteiger partial charge in [0.2, 0.25) is 0 Å². The van der Waals surface area contributed by atoms with Crippen molar-refractivity contribution in [3.8, 4) is 10.4 Å². The van der Waals surface area contributed by atoms with E-state index in [1.807, 2.05) is 17.5 Å². The minimum Gasteiger partial charge on any atom is -0.467 e. The van der Waals surface area contributed by atoms with Gasteiger partial charge in [-0.15, -0.1) is 11.3 Å². The smallest absolute Gasteiger partial charge is 0.126 e. The molecule has 0 unspecified atom stereocenters. The summed E-state index contributed by atoms with van der Waals surface area (Å²) in [6, 6.07) is 4.60. The molecule has 1 saturated carbocycles. The first-order valence-electron chi connectivity index (χ1n) is 5.37. The molecule has 2 heterocycles. The molecule has 1 aliphatic carbocycles. The molecule has 0 bridgehead atoms. The van der Waals surface area contributed by atoms with Crippen LogP contribution in [0.25, 0.3) is 10.4 Å². The van der Waals surface area contributed by atoms with Crippen LogP contribution in [0, 0.1) is 0 Å². The molecule has 2 aromatic heterocycles. The summed E-state index contributed by atoms with van der Waals surface area (Å²) in [5.41, 5.74) is 1.12. The minimum atomic E-state index is 0.691. The predicted octanol–water partition coefficient (Wildman–Crippen LogP) is 3.91. The molecule has 1 aliphatic rings. The van der Waals surface area contributed by atoms with Gasteiger partial charge >= 0.3 is 0 Å². The van der Waals surface area contributed by atoms with E-state index in [2.05, 4.69) is 5.32 Å². The summed E-state index contributed by atoms with van der Waals surface area (Å²) >= 11 is 7.78. The highest BCUT2D eigenvalue weighted by molar-refractivity contribution is 7.14.